The van der Waals surface area contributed by atoms with Crippen molar-refractivity contribution in [3.63, 3.8) is 0 Å². The Hall–Kier alpha value is -3.97. The average Bonchev–Trinajstić information content (AvgIpc) is 3.56. The second-order valence-electron chi connectivity index (χ2n) is 13.1. The van der Waals surface area contributed by atoms with Gasteiger partial charge in [0, 0.05) is 30.3 Å². The molecule has 1 aliphatic heterocycles. The number of ether oxygens (including phenoxy) is 3. The lowest BCUT2D eigenvalue weighted by atomic mass is 9.89. The zero-order valence-corrected chi connectivity index (χ0v) is 29.4. The van der Waals surface area contributed by atoms with Gasteiger partial charge in [-0.3, -0.25) is 4.68 Å². The number of alkyl halides is 3. The van der Waals surface area contributed by atoms with Crippen LogP contribution in [0.4, 0.5) is 23.7 Å². The summed E-state index contributed by atoms with van der Waals surface area (Å²) >= 11 is 6.02. The molecule has 0 bridgehead atoms. The number of amides is 1. The van der Waals surface area contributed by atoms with E-state index in [1.165, 1.54) is 10.9 Å². The second-order valence-corrected chi connectivity index (χ2v) is 13.4. The van der Waals surface area contributed by atoms with Gasteiger partial charge in [-0.1, -0.05) is 23.6 Å². The summed E-state index contributed by atoms with van der Waals surface area (Å²) in [6.07, 6.45) is -2.33. The minimum atomic E-state index is -4.47. The van der Waals surface area contributed by atoms with Crippen LogP contribution < -0.4 is 10.6 Å². The van der Waals surface area contributed by atoms with Crippen molar-refractivity contribution in [2.45, 2.75) is 64.5 Å². The normalized spacial score (nSPS) is 17.0. The van der Waals surface area contributed by atoms with Crippen molar-refractivity contribution in [3.05, 3.63) is 46.9 Å². The van der Waals surface area contributed by atoms with E-state index in [2.05, 4.69) is 39.5 Å². The lowest BCUT2D eigenvalue weighted by Crippen LogP contribution is -2.45. The molecule has 274 valence electrons. The van der Waals surface area contributed by atoms with Gasteiger partial charge in [0.2, 0.25) is 0 Å². The van der Waals surface area contributed by atoms with Crippen molar-refractivity contribution >= 4 is 40.3 Å². The summed E-state index contributed by atoms with van der Waals surface area (Å²) in [7, 11) is 2.06. The van der Waals surface area contributed by atoms with Gasteiger partial charge in [-0.25, -0.2) is 9.59 Å². The first-order valence-corrected chi connectivity index (χ1v) is 16.7. The number of nitrogens with one attached hydrogen (secondary N) is 2. The van der Waals surface area contributed by atoms with Gasteiger partial charge in [0.1, 0.15) is 22.9 Å². The topological polar surface area (TPSA) is 132 Å². The van der Waals surface area contributed by atoms with Gasteiger partial charge in [-0.2, -0.15) is 18.3 Å². The summed E-state index contributed by atoms with van der Waals surface area (Å²) in [6.45, 7) is 7.38. The molecule has 1 aromatic carbocycles. The SMILES string of the molecule is CN1CCC(Nc2cccc3c2cc(C#CCNC(=O)OC(C)(C)C)n3CC(F)(F)F)C(CCOCCOCCn2ncc(C(=O)O)c2Cl)C1. The molecule has 3 heterocycles. The average molecular weight is 725 g/mol. The standard InChI is InChI=1S/C34H44ClF3N6O6/c1-33(2,3)50-32(47)39-12-6-7-24-19-25-28(8-5-9-29(25)43(24)22-34(36,37)38)41-27-10-13-42(4)21-23(27)11-15-48-17-18-49-16-14-44-30(35)26(20-40-44)31(45)46/h5,8-9,19-20,23,27,41H,10-18,21-22H2,1-4H3,(H,39,47)(H,45,46). The number of carboxylic acids is 1. The number of halogens is 4. The molecule has 3 aromatic rings. The van der Waals surface area contributed by atoms with Gasteiger partial charge in [0.25, 0.3) is 0 Å². The highest BCUT2D eigenvalue weighted by Gasteiger charge is 2.31. The number of benzene rings is 1. The third-order valence-electron chi connectivity index (χ3n) is 7.96. The van der Waals surface area contributed by atoms with Gasteiger partial charge in [0.15, 0.2) is 0 Å². The van der Waals surface area contributed by atoms with Crippen LogP contribution in [0.5, 0.6) is 0 Å². The number of piperidine rings is 1. The van der Waals surface area contributed by atoms with E-state index in [4.69, 9.17) is 30.9 Å². The van der Waals surface area contributed by atoms with E-state index in [1.54, 1.807) is 39.0 Å². The maximum atomic E-state index is 13.7. The molecule has 2 unspecified atom stereocenters. The van der Waals surface area contributed by atoms with Crippen LogP contribution >= 0.6 is 11.6 Å². The Morgan fingerprint density at radius 3 is 2.56 bits per heavy atom. The Kier molecular flexibility index (Phi) is 13.4. The molecule has 16 heteroatoms. The summed E-state index contributed by atoms with van der Waals surface area (Å²) in [4.78, 5) is 25.3. The maximum Gasteiger partial charge on any atom is 0.408 e. The number of nitrogens with zero attached hydrogens (tertiary/aromatic N) is 4. The molecule has 1 aliphatic rings. The molecule has 1 fully saturated rings. The minimum absolute atomic E-state index is 0.0480. The zero-order valence-electron chi connectivity index (χ0n) is 28.6. The smallest absolute Gasteiger partial charge is 0.408 e. The fourth-order valence-corrected chi connectivity index (χ4v) is 5.96. The quantitative estimate of drug-likeness (QED) is 0.146. The molecule has 2 atom stereocenters. The highest BCUT2D eigenvalue weighted by Crippen LogP contribution is 2.32. The third kappa shape index (κ3) is 11.5. The molecular formula is C34H44ClF3N6O6. The van der Waals surface area contributed by atoms with Crippen LogP contribution in [-0.4, -0.2) is 107 Å². The molecule has 0 radical (unpaired) electrons. The fraction of sp³-hybridized carbons (Fsp3) is 0.559. The van der Waals surface area contributed by atoms with E-state index >= 15 is 0 Å². The summed E-state index contributed by atoms with van der Waals surface area (Å²) < 4.78 is 60.2. The number of anilines is 1. The summed E-state index contributed by atoms with van der Waals surface area (Å²) in [5.74, 6) is 4.63. The zero-order chi connectivity index (χ0) is 36.5. The molecule has 1 amide bonds. The number of aromatic carboxylic acids is 1. The minimum Gasteiger partial charge on any atom is -0.478 e. The molecule has 2 aromatic heterocycles. The molecule has 50 heavy (non-hydrogen) atoms. The number of likely N-dealkylation sites (tertiary alicyclic amines) is 1. The molecule has 1 saturated heterocycles. The molecule has 0 spiro atoms. The van der Waals surface area contributed by atoms with Crippen molar-refractivity contribution in [3.8, 4) is 11.8 Å². The number of carboxylic acid groups (broad SMARTS) is 1. The molecule has 4 rings (SSSR count). The lowest BCUT2D eigenvalue weighted by Gasteiger charge is -2.38. The number of fused-ring (bicyclic) bond motifs is 1. The molecule has 0 saturated carbocycles. The molecular weight excluding hydrogens is 681 g/mol. The maximum absolute atomic E-state index is 13.7. The Morgan fingerprint density at radius 1 is 1.14 bits per heavy atom. The molecule has 12 nitrogen and oxygen atoms in total. The summed E-state index contributed by atoms with van der Waals surface area (Å²) in [6, 6.07) is 6.96. The Balaban J connectivity index is 1.35. The van der Waals surface area contributed by atoms with Crippen LogP contribution in [-0.2, 0) is 27.3 Å². The first-order valence-electron chi connectivity index (χ1n) is 16.3. The van der Waals surface area contributed by atoms with Crippen molar-refractivity contribution in [1.29, 1.82) is 0 Å². The van der Waals surface area contributed by atoms with Gasteiger partial charge in [0.05, 0.1) is 50.3 Å². The molecule has 0 aliphatic carbocycles. The van der Waals surface area contributed by atoms with Crippen LogP contribution in [0.3, 0.4) is 0 Å². The number of rotatable bonds is 14. The number of alkyl carbamates (subject to hydrolysis) is 1. The number of hydrogen-bond donors (Lipinski definition) is 3. The van der Waals surface area contributed by atoms with E-state index in [-0.39, 0.29) is 41.5 Å². The number of carbonyl (C=O) groups excluding carboxylic acids is 1. The van der Waals surface area contributed by atoms with Crippen LogP contribution in [0.2, 0.25) is 5.15 Å². The monoisotopic (exact) mass is 724 g/mol. The molecule has 3 N–H and O–H groups in total. The largest absolute Gasteiger partial charge is 0.478 e. The van der Waals surface area contributed by atoms with Crippen LogP contribution in [0.1, 0.15) is 49.7 Å². The Bertz CT molecular complexity index is 1680. The predicted molar refractivity (Wildman–Crippen MR) is 183 cm³/mol. The van der Waals surface area contributed by atoms with Crippen molar-refractivity contribution < 1.29 is 42.1 Å². The van der Waals surface area contributed by atoms with Crippen molar-refractivity contribution in [2.75, 3.05) is 58.4 Å². The van der Waals surface area contributed by atoms with Crippen molar-refractivity contribution in [2.24, 2.45) is 5.92 Å². The van der Waals surface area contributed by atoms with Gasteiger partial charge >= 0.3 is 18.2 Å². The summed E-state index contributed by atoms with van der Waals surface area (Å²) in [5, 5.41) is 19.8. The van der Waals surface area contributed by atoms with E-state index in [0.717, 1.165) is 36.2 Å². The highest BCUT2D eigenvalue weighted by molar-refractivity contribution is 6.32. The van der Waals surface area contributed by atoms with Crippen LogP contribution in [0.25, 0.3) is 10.9 Å². The Labute approximate surface area is 294 Å². The number of carbonyl (C=O) groups is 2. The van der Waals surface area contributed by atoms with Crippen molar-refractivity contribution in [1.82, 2.24) is 24.6 Å². The first-order chi connectivity index (χ1) is 23.6. The van der Waals surface area contributed by atoms with E-state index < -0.39 is 30.4 Å². The lowest BCUT2D eigenvalue weighted by molar-refractivity contribution is -0.140. The second kappa shape index (κ2) is 17.3. The van der Waals surface area contributed by atoms with Gasteiger partial charge < -0.3 is 39.4 Å². The van der Waals surface area contributed by atoms with E-state index in [9.17, 15) is 22.8 Å². The number of hydrogen-bond acceptors (Lipinski definition) is 8. The first kappa shape index (κ1) is 38.8. The van der Waals surface area contributed by atoms with Crippen LogP contribution in [0.15, 0.2) is 30.5 Å². The third-order valence-corrected chi connectivity index (χ3v) is 8.35. The van der Waals surface area contributed by atoms with Gasteiger partial charge in [-0.15, -0.1) is 0 Å². The van der Waals surface area contributed by atoms with Crippen LogP contribution in [0, 0.1) is 17.8 Å². The number of aromatic nitrogens is 3. The Morgan fingerprint density at radius 2 is 1.88 bits per heavy atom. The highest BCUT2D eigenvalue weighted by atomic mass is 35.5. The van der Waals surface area contributed by atoms with E-state index in [0.29, 0.717) is 37.3 Å². The predicted octanol–water partition coefficient (Wildman–Crippen LogP) is 5.48. The summed E-state index contributed by atoms with van der Waals surface area (Å²) in [5.41, 5.74) is 0.562. The van der Waals surface area contributed by atoms with E-state index in [1.807, 2.05) is 6.07 Å². The van der Waals surface area contributed by atoms with Gasteiger partial charge in [-0.05, 0) is 77.2 Å². The fourth-order valence-electron chi connectivity index (χ4n) is 5.70.